The van der Waals surface area contributed by atoms with E-state index in [0.717, 1.165) is 12.2 Å². The van der Waals surface area contributed by atoms with Crippen molar-refractivity contribution in [1.82, 2.24) is 4.90 Å². The number of methoxy groups -OCH3 is 1. The summed E-state index contributed by atoms with van der Waals surface area (Å²) >= 11 is 0. The van der Waals surface area contributed by atoms with E-state index in [1.807, 2.05) is 38.2 Å². The first-order chi connectivity index (χ1) is 10.0. The second-order valence-electron chi connectivity index (χ2n) is 4.77. The van der Waals surface area contributed by atoms with E-state index >= 15 is 0 Å². The van der Waals surface area contributed by atoms with Gasteiger partial charge in [-0.05, 0) is 38.1 Å². The minimum atomic E-state index is -0.304. The first-order valence-electron chi connectivity index (χ1n) is 7.20. The Balaban J connectivity index is 2.73. The van der Waals surface area contributed by atoms with Gasteiger partial charge in [-0.1, -0.05) is 0 Å². The Morgan fingerprint density at radius 3 is 2.19 bits per heavy atom. The molecule has 1 amide bonds. The van der Waals surface area contributed by atoms with E-state index in [-0.39, 0.29) is 18.3 Å². The summed E-state index contributed by atoms with van der Waals surface area (Å²) in [4.78, 5) is 27.3. The average Bonchev–Trinajstić information content (AvgIpc) is 2.54. The number of nitrogens with zero attached hydrogens (tertiary/aromatic N) is 2. The van der Waals surface area contributed by atoms with Gasteiger partial charge in [-0.3, -0.25) is 9.59 Å². The molecule has 0 fully saturated rings. The lowest BCUT2D eigenvalue weighted by molar-refractivity contribution is -0.140. The topological polar surface area (TPSA) is 49.9 Å². The normalized spacial score (nSPS) is 10.1. The molecule has 1 rings (SSSR count). The lowest BCUT2D eigenvalue weighted by Gasteiger charge is -2.21. The minimum Gasteiger partial charge on any atom is -0.469 e. The summed E-state index contributed by atoms with van der Waals surface area (Å²) in [7, 11) is 3.36. The molecule has 0 aromatic heterocycles. The molecule has 1 aromatic carbocycles. The number of carbonyl (C=O) groups is 2. The van der Waals surface area contributed by atoms with Gasteiger partial charge in [0, 0.05) is 37.9 Å². The molecule has 0 bridgehead atoms. The first-order valence-corrected chi connectivity index (χ1v) is 7.20. The van der Waals surface area contributed by atoms with Crippen molar-refractivity contribution in [2.45, 2.75) is 20.3 Å². The molecule has 1 aromatic rings. The predicted octanol–water partition coefficient (Wildman–Crippen LogP) is 2.17. The number of carbonyl (C=O) groups excluding carboxylic acids is 2. The standard InChI is InChI=1S/C16H24N2O3/c1-5-17(3)14-9-7-13(8-10-14)16(20)18(6-2)12-11-15(19)21-4/h7-10H,5-6,11-12H2,1-4H3. The van der Waals surface area contributed by atoms with Crippen molar-refractivity contribution in [2.24, 2.45) is 0 Å². The van der Waals surface area contributed by atoms with Crippen LogP contribution in [0.3, 0.4) is 0 Å². The van der Waals surface area contributed by atoms with E-state index in [0.29, 0.717) is 18.7 Å². The number of benzene rings is 1. The van der Waals surface area contributed by atoms with Crippen molar-refractivity contribution < 1.29 is 14.3 Å². The zero-order valence-electron chi connectivity index (χ0n) is 13.3. The highest BCUT2D eigenvalue weighted by molar-refractivity contribution is 5.94. The van der Waals surface area contributed by atoms with Gasteiger partial charge in [-0.25, -0.2) is 0 Å². The van der Waals surface area contributed by atoms with Crippen molar-refractivity contribution in [3.8, 4) is 0 Å². The van der Waals surface area contributed by atoms with Crippen LogP contribution in [0.1, 0.15) is 30.6 Å². The molecule has 116 valence electrons. The molecule has 0 N–H and O–H groups in total. The Hall–Kier alpha value is -2.04. The monoisotopic (exact) mass is 292 g/mol. The van der Waals surface area contributed by atoms with Crippen LogP contribution in [0.25, 0.3) is 0 Å². The quantitative estimate of drug-likeness (QED) is 0.723. The van der Waals surface area contributed by atoms with Gasteiger partial charge < -0.3 is 14.5 Å². The average molecular weight is 292 g/mol. The fourth-order valence-corrected chi connectivity index (χ4v) is 1.96. The third-order valence-electron chi connectivity index (χ3n) is 3.51. The SMILES string of the molecule is CCN(CCC(=O)OC)C(=O)c1ccc(N(C)CC)cc1. The maximum absolute atomic E-state index is 12.4. The number of hydrogen-bond donors (Lipinski definition) is 0. The van der Waals surface area contributed by atoms with Crippen LogP contribution in [0.4, 0.5) is 5.69 Å². The number of ether oxygens (including phenoxy) is 1. The van der Waals surface area contributed by atoms with E-state index in [2.05, 4.69) is 16.6 Å². The van der Waals surface area contributed by atoms with E-state index in [4.69, 9.17) is 0 Å². The zero-order chi connectivity index (χ0) is 15.8. The fourth-order valence-electron chi connectivity index (χ4n) is 1.96. The summed E-state index contributed by atoms with van der Waals surface area (Å²) in [5.74, 6) is -0.367. The molecular formula is C16H24N2O3. The minimum absolute atomic E-state index is 0.0629. The number of rotatable bonds is 7. The molecule has 0 saturated heterocycles. The largest absolute Gasteiger partial charge is 0.469 e. The summed E-state index contributed by atoms with van der Waals surface area (Å²) in [6, 6.07) is 7.52. The van der Waals surface area contributed by atoms with Crippen LogP contribution < -0.4 is 4.90 Å². The van der Waals surface area contributed by atoms with Crippen molar-refractivity contribution in [3.05, 3.63) is 29.8 Å². The fraction of sp³-hybridized carbons (Fsp3) is 0.500. The molecule has 0 heterocycles. The van der Waals surface area contributed by atoms with Gasteiger partial charge in [0.1, 0.15) is 0 Å². The van der Waals surface area contributed by atoms with Crippen molar-refractivity contribution in [2.75, 3.05) is 38.7 Å². The highest BCUT2D eigenvalue weighted by Gasteiger charge is 2.15. The third kappa shape index (κ3) is 4.77. The Morgan fingerprint density at radius 2 is 1.71 bits per heavy atom. The van der Waals surface area contributed by atoms with E-state index < -0.39 is 0 Å². The summed E-state index contributed by atoms with van der Waals surface area (Å²) in [6.45, 7) is 5.82. The molecular weight excluding hydrogens is 268 g/mol. The van der Waals surface area contributed by atoms with Crippen LogP contribution in [0.5, 0.6) is 0 Å². The van der Waals surface area contributed by atoms with Crippen molar-refractivity contribution in [3.63, 3.8) is 0 Å². The second-order valence-corrected chi connectivity index (χ2v) is 4.77. The molecule has 0 unspecified atom stereocenters. The van der Waals surface area contributed by atoms with Gasteiger partial charge in [0.05, 0.1) is 13.5 Å². The summed E-state index contributed by atoms with van der Waals surface area (Å²) < 4.78 is 4.60. The summed E-state index contributed by atoms with van der Waals surface area (Å²) in [5, 5.41) is 0. The van der Waals surface area contributed by atoms with Gasteiger partial charge in [0.25, 0.3) is 5.91 Å². The lowest BCUT2D eigenvalue weighted by atomic mass is 10.1. The molecule has 5 nitrogen and oxygen atoms in total. The summed E-state index contributed by atoms with van der Waals surface area (Å²) in [6.07, 6.45) is 0.215. The maximum Gasteiger partial charge on any atom is 0.307 e. The van der Waals surface area contributed by atoms with Crippen LogP contribution in [-0.4, -0.2) is 50.6 Å². The van der Waals surface area contributed by atoms with Gasteiger partial charge in [0.15, 0.2) is 0 Å². The smallest absolute Gasteiger partial charge is 0.307 e. The second kappa shape index (κ2) is 8.29. The Bertz CT molecular complexity index is 471. The molecule has 0 aliphatic carbocycles. The van der Waals surface area contributed by atoms with E-state index in [1.54, 1.807) is 4.90 Å². The van der Waals surface area contributed by atoms with Crippen LogP contribution in [0, 0.1) is 0 Å². The van der Waals surface area contributed by atoms with Crippen LogP contribution in [0.15, 0.2) is 24.3 Å². The van der Waals surface area contributed by atoms with Crippen LogP contribution in [0.2, 0.25) is 0 Å². The Kier molecular flexibility index (Phi) is 6.72. The Labute approximate surface area is 126 Å². The highest BCUT2D eigenvalue weighted by atomic mass is 16.5. The number of amides is 1. The molecule has 0 atom stereocenters. The van der Waals surface area contributed by atoms with Crippen molar-refractivity contribution >= 4 is 17.6 Å². The molecule has 21 heavy (non-hydrogen) atoms. The Morgan fingerprint density at radius 1 is 1.10 bits per heavy atom. The third-order valence-corrected chi connectivity index (χ3v) is 3.51. The highest BCUT2D eigenvalue weighted by Crippen LogP contribution is 2.15. The number of hydrogen-bond acceptors (Lipinski definition) is 4. The molecule has 0 radical (unpaired) electrons. The molecule has 0 aliphatic heterocycles. The number of anilines is 1. The zero-order valence-corrected chi connectivity index (χ0v) is 13.3. The number of esters is 1. The van der Waals surface area contributed by atoms with Gasteiger partial charge >= 0.3 is 5.97 Å². The van der Waals surface area contributed by atoms with Crippen LogP contribution in [-0.2, 0) is 9.53 Å². The summed E-state index contributed by atoms with van der Waals surface area (Å²) in [5.41, 5.74) is 1.71. The maximum atomic E-state index is 12.4. The van der Waals surface area contributed by atoms with Gasteiger partial charge in [-0.2, -0.15) is 0 Å². The van der Waals surface area contributed by atoms with E-state index in [9.17, 15) is 9.59 Å². The van der Waals surface area contributed by atoms with Gasteiger partial charge in [-0.15, -0.1) is 0 Å². The van der Waals surface area contributed by atoms with Crippen LogP contribution >= 0.6 is 0 Å². The lowest BCUT2D eigenvalue weighted by Crippen LogP contribution is -2.33. The first kappa shape index (κ1) is 17.0. The molecule has 0 spiro atoms. The molecule has 0 saturated carbocycles. The van der Waals surface area contributed by atoms with Gasteiger partial charge in [0.2, 0.25) is 0 Å². The molecule has 5 heteroatoms. The predicted molar refractivity (Wildman–Crippen MR) is 83.6 cm³/mol. The van der Waals surface area contributed by atoms with E-state index in [1.165, 1.54) is 7.11 Å². The molecule has 0 aliphatic rings. The van der Waals surface area contributed by atoms with Crippen molar-refractivity contribution in [1.29, 1.82) is 0 Å².